The highest BCUT2D eigenvalue weighted by Crippen LogP contribution is 2.12. The molecular formula is C19H19NO6. The molecule has 7 nitrogen and oxygen atoms in total. The predicted octanol–water partition coefficient (Wildman–Crippen LogP) is 1.18. The molecule has 0 aliphatic rings. The molecule has 2 aromatic rings. The van der Waals surface area contributed by atoms with Gasteiger partial charge in [-0.25, -0.2) is 9.59 Å². The Bertz CT molecular complexity index is 762. The van der Waals surface area contributed by atoms with Gasteiger partial charge in [0.2, 0.25) is 0 Å². The molecule has 1 amide bonds. The van der Waals surface area contributed by atoms with E-state index in [1.54, 1.807) is 60.7 Å². The van der Waals surface area contributed by atoms with Crippen molar-refractivity contribution in [2.24, 2.45) is 0 Å². The van der Waals surface area contributed by atoms with Gasteiger partial charge in [0.05, 0.1) is 19.3 Å². The number of benzene rings is 2. The summed E-state index contributed by atoms with van der Waals surface area (Å²) in [6.07, 6.45) is 0. The number of methoxy groups -OCH3 is 1. The number of amides is 1. The normalized spacial score (nSPS) is 12.5. The summed E-state index contributed by atoms with van der Waals surface area (Å²) in [5, 5.41) is 12.2. The number of hydrogen-bond donors (Lipinski definition) is 2. The van der Waals surface area contributed by atoms with E-state index in [0.717, 1.165) is 7.11 Å². The first kappa shape index (κ1) is 19.1. The maximum Gasteiger partial charge on any atom is 0.338 e. The van der Waals surface area contributed by atoms with Gasteiger partial charge in [0, 0.05) is 5.56 Å². The summed E-state index contributed by atoms with van der Waals surface area (Å²) in [7, 11) is 1.11. The van der Waals surface area contributed by atoms with E-state index in [4.69, 9.17) is 4.74 Å². The van der Waals surface area contributed by atoms with Gasteiger partial charge < -0.3 is 19.9 Å². The van der Waals surface area contributed by atoms with Crippen LogP contribution >= 0.6 is 0 Å². The second kappa shape index (κ2) is 8.77. The van der Waals surface area contributed by atoms with Crippen LogP contribution in [0.1, 0.15) is 20.7 Å². The molecule has 0 bridgehead atoms. The van der Waals surface area contributed by atoms with Gasteiger partial charge in [-0.2, -0.15) is 0 Å². The van der Waals surface area contributed by atoms with Crippen LogP contribution in [0.5, 0.6) is 0 Å². The van der Waals surface area contributed by atoms with Crippen LogP contribution in [-0.2, 0) is 14.3 Å². The summed E-state index contributed by atoms with van der Waals surface area (Å²) >= 11 is 0. The van der Waals surface area contributed by atoms with Gasteiger partial charge in [-0.1, -0.05) is 36.4 Å². The summed E-state index contributed by atoms with van der Waals surface area (Å²) in [4.78, 5) is 36.7. The molecule has 2 rings (SSSR count). The Balaban J connectivity index is 2.18. The van der Waals surface area contributed by atoms with Gasteiger partial charge in [0.1, 0.15) is 6.61 Å². The van der Waals surface area contributed by atoms with E-state index in [1.165, 1.54) is 0 Å². The first-order valence-corrected chi connectivity index (χ1v) is 7.81. The largest absolute Gasteiger partial charge is 0.467 e. The number of aliphatic hydroxyl groups excluding tert-OH is 1. The van der Waals surface area contributed by atoms with E-state index in [9.17, 15) is 19.5 Å². The van der Waals surface area contributed by atoms with E-state index >= 15 is 0 Å². The molecule has 0 aliphatic heterocycles. The van der Waals surface area contributed by atoms with Gasteiger partial charge in [0.15, 0.2) is 5.54 Å². The summed E-state index contributed by atoms with van der Waals surface area (Å²) in [5.74, 6) is -2.23. The molecule has 0 saturated carbocycles. The number of carbonyl (C=O) groups is 3. The summed E-state index contributed by atoms with van der Waals surface area (Å²) < 4.78 is 9.81. The Morgan fingerprint density at radius 2 is 1.50 bits per heavy atom. The molecule has 1 unspecified atom stereocenters. The average Bonchev–Trinajstić information content (AvgIpc) is 2.71. The lowest BCUT2D eigenvalue weighted by Crippen LogP contribution is -2.61. The summed E-state index contributed by atoms with van der Waals surface area (Å²) in [6, 6.07) is 16.3. The van der Waals surface area contributed by atoms with E-state index in [2.05, 4.69) is 10.1 Å². The number of hydrogen-bond acceptors (Lipinski definition) is 6. The molecule has 26 heavy (non-hydrogen) atoms. The molecule has 0 heterocycles. The van der Waals surface area contributed by atoms with Crippen molar-refractivity contribution < 1.29 is 29.0 Å². The fourth-order valence-electron chi connectivity index (χ4n) is 2.22. The maximum absolute atomic E-state index is 12.4. The third-order valence-corrected chi connectivity index (χ3v) is 3.69. The van der Waals surface area contributed by atoms with Crippen LogP contribution in [-0.4, -0.2) is 48.8 Å². The minimum Gasteiger partial charge on any atom is -0.467 e. The zero-order valence-corrected chi connectivity index (χ0v) is 14.2. The van der Waals surface area contributed by atoms with Gasteiger partial charge >= 0.3 is 11.9 Å². The monoisotopic (exact) mass is 357 g/mol. The number of carbonyl (C=O) groups excluding carboxylic acids is 3. The van der Waals surface area contributed by atoms with Crippen molar-refractivity contribution in [3.63, 3.8) is 0 Å². The second-order valence-electron chi connectivity index (χ2n) is 5.49. The lowest BCUT2D eigenvalue weighted by Gasteiger charge is -2.29. The Hall–Kier alpha value is -3.19. The first-order valence-electron chi connectivity index (χ1n) is 7.81. The quantitative estimate of drug-likeness (QED) is 0.722. The summed E-state index contributed by atoms with van der Waals surface area (Å²) in [6.45, 7) is -1.39. The molecule has 0 aromatic heterocycles. The molecule has 0 radical (unpaired) electrons. The van der Waals surface area contributed by atoms with E-state index in [1.807, 2.05) is 0 Å². The average molecular weight is 357 g/mol. The van der Waals surface area contributed by atoms with Crippen LogP contribution < -0.4 is 5.32 Å². The topological polar surface area (TPSA) is 102 Å². The first-order chi connectivity index (χ1) is 12.5. The minimum absolute atomic E-state index is 0.276. The number of ether oxygens (including phenoxy) is 2. The molecule has 1 atom stereocenters. The molecular weight excluding hydrogens is 338 g/mol. The van der Waals surface area contributed by atoms with Crippen molar-refractivity contribution in [1.29, 1.82) is 0 Å². The van der Waals surface area contributed by atoms with E-state index in [0.29, 0.717) is 0 Å². The highest BCUT2D eigenvalue weighted by molar-refractivity contribution is 5.98. The van der Waals surface area contributed by atoms with Crippen molar-refractivity contribution in [3.8, 4) is 0 Å². The molecule has 2 aromatic carbocycles. The molecule has 136 valence electrons. The fourth-order valence-corrected chi connectivity index (χ4v) is 2.22. The SMILES string of the molecule is COC(=O)C(CO)(COC(=O)c1ccccc1)NC(=O)c1ccccc1. The molecule has 0 fully saturated rings. The van der Waals surface area contributed by atoms with Gasteiger partial charge in [-0.3, -0.25) is 4.79 Å². The molecule has 7 heteroatoms. The molecule has 0 spiro atoms. The van der Waals surface area contributed by atoms with Crippen molar-refractivity contribution in [1.82, 2.24) is 5.32 Å². The van der Waals surface area contributed by atoms with Crippen molar-refractivity contribution >= 4 is 17.8 Å². The molecule has 2 N–H and O–H groups in total. The lowest BCUT2D eigenvalue weighted by atomic mass is 10.0. The van der Waals surface area contributed by atoms with Crippen molar-refractivity contribution in [2.75, 3.05) is 20.3 Å². The third-order valence-electron chi connectivity index (χ3n) is 3.69. The van der Waals surface area contributed by atoms with E-state index < -0.39 is 36.6 Å². The molecule has 0 aliphatic carbocycles. The Kier molecular flexibility index (Phi) is 6.46. The minimum atomic E-state index is -1.91. The number of aliphatic hydroxyl groups is 1. The number of esters is 2. The van der Waals surface area contributed by atoms with Crippen LogP contribution in [0.4, 0.5) is 0 Å². The Morgan fingerprint density at radius 3 is 2.00 bits per heavy atom. The zero-order chi connectivity index (χ0) is 19.0. The smallest absolute Gasteiger partial charge is 0.338 e. The molecule has 0 saturated heterocycles. The highest BCUT2D eigenvalue weighted by atomic mass is 16.6. The second-order valence-corrected chi connectivity index (χ2v) is 5.49. The lowest BCUT2D eigenvalue weighted by molar-refractivity contribution is -0.152. The van der Waals surface area contributed by atoms with Crippen LogP contribution in [0, 0.1) is 0 Å². The Morgan fingerprint density at radius 1 is 0.962 bits per heavy atom. The van der Waals surface area contributed by atoms with Gasteiger partial charge in [-0.05, 0) is 24.3 Å². The van der Waals surface area contributed by atoms with Crippen molar-refractivity contribution in [3.05, 3.63) is 71.8 Å². The maximum atomic E-state index is 12.4. The van der Waals surface area contributed by atoms with E-state index in [-0.39, 0.29) is 11.1 Å². The summed E-state index contributed by atoms with van der Waals surface area (Å²) in [5.41, 5.74) is -1.35. The zero-order valence-electron chi connectivity index (χ0n) is 14.2. The Labute approximate surface area is 150 Å². The number of rotatable bonds is 7. The van der Waals surface area contributed by atoms with Crippen LogP contribution in [0.15, 0.2) is 60.7 Å². The number of nitrogens with one attached hydrogen (secondary N) is 1. The van der Waals surface area contributed by atoms with Crippen LogP contribution in [0.3, 0.4) is 0 Å². The van der Waals surface area contributed by atoms with Crippen LogP contribution in [0.25, 0.3) is 0 Å². The highest BCUT2D eigenvalue weighted by Gasteiger charge is 2.42. The third kappa shape index (κ3) is 4.46. The van der Waals surface area contributed by atoms with Crippen molar-refractivity contribution in [2.45, 2.75) is 5.54 Å². The predicted molar refractivity (Wildman–Crippen MR) is 92.5 cm³/mol. The van der Waals surface area contributed by atoms with Gasteiger partial charge in [0.25, 0.3) is 5.91 Å². The fraction of sp³-hybridized carbons (Fsp3) is 0.211. The van der Waals surface area contributed by atoms with Gasteiger partial charge in [-0.15, -0.1) is 0 Å². The standard InChI is InChI=1S/C19H19NO6/c1-25-18(24)19(12-21,20-16(22)14-8-4-2-5-9-14)13-26-17(23)15-10-6-3-7-11-15/h2-11,21H,12-13H2,1H3,(H,20,22). The van der Waals surface area contributed by atoms with Crippen LogP contribution in [0.2, 0.25) is 0 Å².